The zero-order valence-corrected chi connectivity index (χ0v) is 18.8. The number of hydrogen-bond acceptors (Lipinski definition) is 5. The van der Waals surface area contributed by atoms with Gasteiger partial charge in [0.2, 0.25) is 5.91 Å². The molecule has 7 nitrogen and oxygen atoms in total. The number of aromatic amines is 1. The Morgan fingerprint density at radius 3 is 2.83 bits per heavy atom. The van der Waals surface area contributed by atoms with Crippen molar-refractivity contribution in [2.45, 2.75) is 19.3 Å². The van der Waals surface area contributed by atoms with Gasteiger partial charge in [-0.05, 0) is 53.8 Å². The van der Waals surface area contributed by atoms with Gasteiger partial charge in [-0.25, -0.2) is 0 Å². The number of halogens is 3. The van der Waals surface area contributed by atoms with Crippen molar-refractivity contribution in [2.24, 2.45) is 5.92 Å². The largest absolute Gasteiger partial charge is 0.573 e. The summed E-state index contributed by atoms with van der Waals surface area (Å²) in [6, 6.07) is 11.6. The first-order valence-corrected chi connectivity index (χ1v) is 11.4. The van der Waals surface area contributed by atoms with Crippen LogP contribution in [0.4, 0.5) is 13.2 Å². The number of carbonyl (C=O) groups excluding carboxylic acids is 1. The third-order valence-corrected chi connectivity index (χ3v) is 6.37. The highest BCUT2D eigenvalue weighted by Crippen LogP contribution is 2.29. The Morgan fingerprint density at radius 2 is 2.03 bits per heavy atom. The van der Waals surface area contributed by atoms with E-state index in [2.05, 4.69) is 43.3 Å². The molecule has 1 saturated heterocycles. The van der Waals surface area contributed by atoms with Crippen LogP contribution in [-0.4, -0.2) is 63.7 Å². The maximum Gasteiger partial charge on any atom is 0.573 e. The van der Waals surface area contributed by atoms with Crippen molar-refractivity contribution in [3.05, 3.63) is 71.3 Å². The second-order valence-corrected chi connectivity index (χ2v) is 8.83. The van der Waals surface area contributed by atoms with Gasteiger partial charge in [-0.15, -0.1) is 18.3 Å². The van der Waals surface area contributed by atoms with Gasteiger partial charge in [0.1, 0.15) is 11.3 Å². The number of nitrogens with zero attached hydrogens (tertiary/aromatic N) is 4. The van der Waals surface area contributed by atoms with Crippen LogP contribution >= 0.6 is 0 Å². The van der Waals surface area contributed by atoms with Crippen LogP contribution in [0.2, 0.25) is 0 Å². The quantitative estimate of drug-likeness (QED) is 0.436. The van der Waals surface area contributed by atoms with E-state index in [0.717, 1.165) is 37.1 Å². The van der Waals surface area contributed by atoms with E-state index in [-0.39, 0.29) is 11.7 Å². The van der Waals surface area contributed by atoms with Gasteiger partial charge in [0, 0.05) is 38.8 Å². The van der Waals surface area contributed by atoms with E-state index in [4.69, 9.17) is 0 Å². The SMILES string of the molecule is O=C(/C=C/c1ccc(OC(F)(F)F)cc1)N1CC=C2CN(Cc3ccc4[nH]nnc4c3)C[C@H]2CC1. The molecule has 0 unspecified atom stereocenters. The molecule has 10 heteroatoms. The van der Waals surface area contributed by atoms with Crippen molar-refractivity contribution < 1.29 is 22.7 Å². The van der Waals surface area contributed by atoms with E-state index in [9.17, 15) is 18.0 Å². The molecule has 2 aliphatic rings. The Kier molecular flexibility index (Phi) is 6.29. The van der Waals surface area contributed by atoms with Crippen LogP contribution in [0.3, 0.4) is 0 Å². The Hall–Kier alpha value is -3.66. The van der Waals surface area contributed by atoms with Crippen LogP contribution in [0.15, 0.2) is 60.2 Å². The molecule has 1 fully saturated rings. The van der Waals surface area contributed by atoms with E-state index in [1.807, 2.05) is 6.07 Å². The van der Waals surface area contributed by atoms with E-state index in [1.54, 1.807) is 11.0 Å². The van der Waals surface area contributed by atoms with Gasteiger partial charge in [0.15, 0.2) is 0 Å². The molecule has 182 valence electrons. The Morgan fingerprint density at radius 1 is 1.20 bits per heavy atom. The number of amides is 1. The Balaban J connectivity index is 1.15. The molecule has 1 N–H and O–H groups in total. The van der Waals surface area contributed by atoms with Gasteiger partial charge in [-0.1, -0.05) is 35.1 Å². The number of rotatable bonds is 5. The standard InChI is InChI=1S/C25H24F3N5O2/c26-25(27,28)35-21-5-1-17(2-6-21)4-8-24(34)33-11-9-19-15-32(16-20(19)10-12-33)14-18-3-7-22-23(13-18)30-31-29-22/h1-9,13,20H,10-12,14-16H2,(H,29,30,31)/b8-4+/t20-/m1/s1. The zero-order valence-electron chi connectivity index (χ0n) is 18.8. The number of nitrogens with one attached hydrogen (secondary N) is 1. The second kappa shape index (κ2) is 9.53. The van der Waals surface area contributed by atoms with Gasteiger partial charge in [0.05, 0.1) is 5.52 Å². The lowest BCUT2D eigenvalue weighted by atomic mass is 10.00. The number of ether oxygens (including phenoxy) is 1. The molecule has 0 saturated carbocycles. The lowest BCUT2D eigenvalue weighted by Crippen LogP contribution is -2.31. The highest BCUT2D eigenvalue weighted by Gasteiger charge is 2.31. The number of aromatic nitrogens is 3. The smallest absolute Gasteiger partial charge is 0.406 e. The molecule has 5 rings (SSSR count). The van der Waals surface area contributed by atoms with E-state index >= 15 is 0 Å². The first-order chi connectivity index (χ1) is 16.8. The second-order valence-electron chi connectivity index (χ2n) is 8.83. The van der Waals surface area contributed by atoms with Gasteiger partial charge in [-0.3, -0.25) is 14.8 Å². The van der Waals surface area contributed by atoms with Gasteiger partial charge >= 0.3 is 6.36 Å². The molecule has 0 radical (unpaired) electrons. The summed E-state index contributed by atoms with van der Waals surface area (Å²) < 4.78 is 40.7. The molecule has 2 aromatic carbocycles. The van der Waals surface area contributed by atoms with E-state index < -0.39 is 6.36 Å². The molecule has 2 aliphatic heterocycles. The van der Waals surface area contributed by atoms with Crippen LogP contribution in [-0.2, 0) is 11.3 Å². The first kappa shape index (κ1) is 23.1. The van der Waals surface area contributed by atoms with Crippen molar-refractivity contribution >= 4 is 23.0 Å². The minimum absolute atomic E-state index is 0.116. The van der Waals surface area contributed by atoms with Gasteiger partial charge < -0.3 is 9.64 Å². The van der Waals surface area contributed by atoms with E-state index in [0.29, 0.717) is 24.6 Å². The summed E-state index contributed by atoms with van der Waals surface area (Å²) >= 11 is 0. The third kappa shape index (κ3) is 5.71. The number of hydrogen-bond donors (Lipinski definition) is 1. The molecule has 1 aromatic heterocycles. The van der Waals surface area contributed by atoms with Gasteiger partial charge in [0.25, 0.3) is 0 Å². The average molecular weight is 483 g/mol. The Bertz CT molecular complexity index is 1270. The monoisotopic (exact) mass is 483 g/mol. The summed E-state index contributed by atoms with van der Waals surface area (Å²) in [5, 5.41) is 10.8. The number of fused-ring (bicyclic) bond motifs is 2. The molecule has 3 heterocycles. The summed E-state index contributed by atoms with van der Waals surface area (Å²) in [5.74, 6) is 0.0170. The molecular formula is C25H24F3N5O2. The van der Waals surface area contributed by atoms with Crippen LogP contribution in [0.1, 0.15) is 17.5 Å². The summed E-state index contributed by atoms with van der Waals surface area (Å²) in [5.41, 5.74) is 4.98. The first-order valence-electron chi connectivity index (χ1n) is 11.4. The average Bonchev–Trinajstić information content (AvgIpc) is 3.39. The summed E-state index contributed by atoms with van der Waals surface area (Å²) in [4.78, 5) is 16.9. The molecule has 35 heavy (non-hydrogen) atoms. The normalized spacial score (nSPS) is 19.1. The highest BCUT2D eigenvalue weighted by molar-refractivity contribution is 5.92. The van der Waals surface area contributed by atoms with Crippen LogP contribution in [0.5, 0.6) is 5.75 Å². The van der Waals surface area contributed by atoms with Crippen molar-refractivity contribution in [1.82, 2.24) is 25.2 Å². The molecule has 0 spiro atoms. The van der Waals surface area contributed by atoms with E-state index in [1.165, 1.54) is 41.5 Å². The van der Waals surface area contributed by atoms with Crippen molar-refractivity contribution in [3.63, 3.8) is 0 Å². The van der Waals surface area contributed by atoms with Crippen LogP contribution in [0, 0.1) is 5.92 Å². The van der Waals surface area contributed by atoms with Crippen molar-refractivity contribution in [1.29, 1.82) is 0 Å². The number of alkyl halides is 3. The third-order valence-electron chi connectivity index (χ3n) is 6.37. The number of benzene rings is 2. The molecule has 0 aliphatic carbocycles. The fourth-order valence-corrected chi connectivity index (χ4v) is 4.64. The zero-order chi connectivity index (χ0) is 24.4. The summed E-state index contributed by atoms with van der Waals surface area (Å²) in [6.07, 6.45) is 1.40. The predicted molar refractivity (Wildman–Crippen MR) is 124 cm³/mol. The lowest BCUT2D eigenvalue weighted by molar-refractivity contribution is -0.274. The Labute approximate surface area is 199 Å². The summed E-state index contributed by atoms with van der Waals surface area (Å²) in [6.45, 7) is 3.88. The van der Waals surface area contributed by atoms with Crippen molar-refractivity contribution in [3.8, 4) is 5.75 Å². The number of likely N-dealkylation sites (tertiary alicyclic amines) is 1. The lowest BCUT2D eigenvalue weighted by Gasteiger charge is -2.20. The molecule has 3 aromatic rings. The fourth-order valence-electron chi connectivity index (χ4n) is 4.64. The van der Waals surface area contributed by atoms with Gasteiger partial charge in [-0.2, -0.15) is 0 Å². The summed E-state index contributed by atoms with van der Waals surface area (Å²) in [7, 11) is 0. The topological polar surface area (TPSA) is 74.3 Å². The molecule has 0 bridgehead atoms. The minimum atomic E-state index is -4.73. The van der Waals surface area contributed by atoms with Crippen LogP contribution < -0.4 is 4.74 Å². The highest BCUT2D eigenvalue weighted by atomic mass is 19.4. The molecule has 1 atom stereocenters. The maximum absolute atomic E-state index is 12.7. The number of carbonyl (C=O) groups is 1. The molecular weight excluding hydrogens is 459 g/mol. The maximum atomic E-state index is 12.7. The number of H-pyrrole nitrogens is 1. The van der Waals surface area contributed by atoms with Crippen LogP contribution in [0.25, 0.3) is 17.1 Å². The fraction of sp³-hybridized carbons (Fsp3) is 0.320. The molecule has 1 amide bonds. The van der Waals surface area contributed by atoms with Crippen molar-refractivity contribution in [2.75, 3.05) is 26.2 Å². The predicted octanol–water partition coefficient (Wildman–Crippen LogP) is 4.16. The minimum Gasteiger partial charge on any atom is -0.406 e.